The van der Waals surface area contributed by atoms with E-state index in [2.05, 4.69) is 16.4 Å². The highest BCUT2D eigenvalue weighted by atomic mass is 16.3. The number of rotatable bonds is 3. The number of aromatic nitrogens is 1. The monoisotopic (exact) mass is 232 g/mol. The Kier molecular flexibility index (Phi) is 2.79. The van der Waals surface area contributed by atoms with Gasteiger partial charge in [-0.15, -0.1) is 0 Å². The van der Waals surface area contributed by atoms with Gasteiger partial charge in [0.15, 0.2) is 0 Å². The van der Waals surface area contributed by atoms with Crippen molar-refractivity contribution >= 4 is 5.82 Å². The van der Waals surface area contributed by atoms with Gasteiger partial charge >= 0.3 is 0 Å². The number of fused-ring (bicyclic) bond motifs is 1. The normalized spacial score (nSPS) is 21.5. The van der Waals surface area contributed by atoms with Crippen LogP contribution in [0.4, 0.5) is 5.82 Å². The fourth-order valence-corrected chi connectivity index (χ4v) is 2.98. The Labute approximate surface area is 102 Å². The summed E-state index contributed by atoms with van der Waals surface area (Å²) >= 11 is 0. The summed E-state index contributed by atoms with van der Waals surface area (Å²) in [6.07, 6.45) is 7.65. The van der Waals surface area contributed by atoms with Crippen molar-refractivity contribution in [2.24, 2.45) is 0 Å². The number of aliphatic hydroxyl groups is 1. The number of nitrogens with zero attached hydrogens (tertiary/aromatic N) is 1. The molecular formula is C14H20N2O. The van der Waals surface area contributed by atoms with Crippen LogP contribution in [0.1, 0.15) is 43.4 Å². The molecule has 0 atom stereocenters. The zero-order valence-electron chi connectivity index (χ0n) is 10.2. The minimum atomic E-state index is -0.499. The third-order valence-electron chi connectivity index (χ3n) is 4.06. The molecule has 3 rings (SSSR count). The summed E-state index contributed by atoms with van der Waals surface area (Å²) in [5, 5.41) is 13.6. The van der Waals surface area contributed by atoms with Crippen molar-refractivity contribution in [3.05, 3.63) is 23.4 Å². The van der Waals surface area contributed by atoms with Crippen molar-refractivity contribution in [2.45, 2.75) is 50.5 Å². The predicted molar refractivity (Wildman–Crippen MR) is 68.2 cm³/mol. The first-order valence-corrected chi connectivity index (χ1v) is 6.70. The number of hydrogen-bond donors (Lipinski definition) is 2. The van der Waals surface area contributed by atoms with Crippen molar-refractivity contribution < 1.29 is 5.11 Å². The average molecular weight is 232 g/mol. The third kappa shape index (κ3) is 2.29. The van der Waals surface area contributed by atoms with E-state index in [1.54, 1.807) is 0 Å². The molecule has 0 amide bonds. The molecule has 1 fully saturated rings. The van der Waals surface area contributed by atoms with Crippen LogP contribution in [-0.4, -0.2) is 22.2 Å². The molecule has 0 unspecified atom stereocenters. The molecule has 92 valence electrons. The molecule has 0 spiro atoms. The van der Waals surface area contributed by atoms with Crippen LogP contribution >= 0.6 is 0 Å². The summed E-state index contributed by atoms with van der Waals surface area (Å²) in [6.45, 7) is 0.638. The highest BCUT2D eigenvalue weighted by Crippen LogP contribution is 2.29. The van der Waals surface area contributed by atoms with E-state index >= 15 is 0 Å². The Balaban J connectivity index is 1.65. The quantitative estimate of drug-likeness (QED) is 0.840. The first-order valence-electron chi connectivity index (χ1n) is 6.70. The molecule has 1 aromatic heterocycles. The van der Waals surface area contributed by atoms with Crippen molar-refractivity contribution in [2.75, 3.05) is 11.9 Å². The third-order valence-corrected chi connectivity index (χ3v) is 4.06. The Morgan fingerprint density at radius 2 is 2.00 bits per heavy atom. The maximum atomic E-state index is 10.3. The molecule has 1 heterocycles. The van der Waals surface area contributed by atoms with Gasteiger partial charge in [-0.2, -0.15) is 0 Å². The van der Waals surface area contributed by atoms with Crippen LogP contribution in [0.3, 0.4) is 0 Å². The van der Waals surface area contributed by atoms with Gasteiger partial charge in [-0.25, -0.2) is 4.98 Å². The molecule has 17 heavy (non-hydrogen) atoms. The van der Waals surface area contributed by atoms with E-state index in [4.69, 9.17) is 0 Å². The molecule has 3 nitrogen and oxygen atoms in total. The first-order chi connectivity index (χ1) is 8.25. The van der Waals surface area contributed by atoms with Gasteiger partial charge in [0.05, 0.1) is 5.60 Å². The Morgan fingerprint density at radius 1 is 1.18 bits per heavy atom. The Hall–Kier alpha value is -1.09. The van der Waals surface area contributed by atoms with Crippen molar-refractivity contribution in [3.8, 4) is 0 Å². The van der Waals surface area contributed by atoms with E-state index < -0.39 is 5.60 Å². The van der Waals surface area contributed by atoms with Gasteiger partial charge in [-0.3, -0.25) is 0 Å². The fourth-order valence-electron chi connectivity index (χ4n) is 2.98. The molecule has 0 bridgehead atoms. The summed E-state index contributed by atoms with van der Waals surface area (Å²) in [5.41, 5.74) is 2.14. The largest absolute Gasteiger partial charge is 0.388 e. The van der Waals surface area contributed by atoms with Gasteiger partial charge in [0.2, 0.25) is 0 Å². The summed E-state index contributed by atoms with van der Waals surface area (Å²) < 4.78 is 0. The number of anilines is 1. The fraction of sp³-hybridized carbons (Fsp3) is 0.643. The topological polar surface area (TPSA) is 45.1 Å². The molecule has 0 saturated heterocycles. The van der Waals surface area contributed by atoms with Crippen LogP contribution in [-0.2, 0) is 12.8 Å². The molecule has 2 N–H and O–H groups in total. The summed E-state index contributed by atoms with van der Waals surface area (Å²) in [7, 11) is 0. The lowest BCUT2D eigenvalue weighted by Gasteiger charge is -2.22. The molecule has 0 aliphatic heterocycles. The van der Waals surface area contributed by atoms with E-state index in [0.29, 0.717) is 6.54 Å². The van der Waals surface area contributed by atoms with Gasteiger partial charge in [-0.05, 0) is 43.7 Å². The van der Waals surface area contributed by atoms with E-state index in [0.717, 1.165) is 37.9 Å². The second-order valence-electron chi connectivity index (χ2n) is 5.44. The number of aryl methyl sites for hydroxylation is 2. The zero-order chi connectivity index (χ0) is 11.7. The van der Waals surface area contributed by atoms with Gasteiger partial charge < -0.3 is 10.4 Å². The highest BCUT2D eigenvalue weighted by Gasteiger charge is 2.30. The van der Waals surface area contributed by atoms with E-state index in [-0.39, 0.29) is 0 Å². The van der Waals surface area contributed by atoms with Crippen molar-refractivity contribution in [3.63, 3.8) is 0 Å². The van der Waals surface area contributed by atoms with Crippen molar-refractivity contribution in [1.29, 1.82) is 0 Å². The van der Waals surface area contributed by atoms with Crippen LogP contribution in [0.25, 0.3) is 0 Å². The number of nitrogens with one attached hydrogen (secondary N) is 1. The van der Waals surface area contributed by atoms with Crippen LogP contribution < -0.4 is 5.32 Å². The second kappa shape index (κ2) is 4.30. The van der Waals surface area contributed by atoms with Crippen LogP contribution in [0.15, 0.2) is 12.1 Å². The molecule has 1 aromatic rings. The Morgan fingerprint density at radius 3 is 2.82 bits per heavy atom. The minimum Gasteiger partial charge on any atom is -0.388 e. The lowest BCUT2D eigenvalue weighted by molar-refractivity contribution is 0.0614. The van der Waals surface area contributed by atoms with Gasteiger partial charge in [0.1, 0.15) is 5.82 Å². The molecule has 1 saturated carbocycles. The summed E-state index contributed by atoms with van der Waals surface area (Å²) in [6, 6.07) is 4.22. The van der Waals surface area contributed by atoms with Crippen LogP contribution in [0.5, 0.6) is 0 Å². The zero-order valence-corrected chi connectivity index (χ0v) is 10.2. The van der Waals surface area contributed by atoms with Crippen LogP contribution in [0, 0.1) is 0 Å². The first kappa shape index (κ1) is 11.0. The molecule has 2 aliphatic carbocycles. The molecule has 2 aliphatic rings. The van der Waals surface area contributed by atoms with E-state index in [1.807, 2.05) is 6.07 Å². The molecule has 3 heteroatoms. The molecule has 0 aromatic carbocycles. The SMILES string of the molecule is OC1(CNc2ccc3c(n2)CCC3)CCCC1. The smallest absolute Gasteiger partial charge is 0.126 e. The van der Waals surface area contributed by atoms with Gasteiger partial charge in [0.25, 0.3) is 0 Å². The van der Waals surface area contributed by atoms with Crippen LogP contribution in [0.2, 0.25) is 0 Å². The summed E-state index contributed by atoms with van der Waals surface area (Å²) in [4.78, 5) is 4.62. The van der Waals surface area contributed by atoms with Gasteiger partial charge in [-0.1, -0.05) is 18.9 Å². The van der Waals surface area contributed by atoms with E-state index in [1.165, 1.54) is 24.1 Å². The lowest BCUT2D eigenvalue weighted by atomic mass is 10.0. The summed E-state index contributed by atoms with van der Waals surface area (Å²) in [5.74, 6) is 0.922. The van der Waals surface area contributed by atoms with E-state index in [9.17, 15) is 5.11 Å². The molecule has 0 radical (unpaired) electrons. The highest BCUT2D eigenvalue weighted by molar-refractivity contribution is 5.40. The number of pyridine rings is 1. The molecular weight excluding hydrogens is 212 g/mol. The second-order valence-corrected chi connectivity index (χ2v) is 5.44. The van der Waals surface area contributed by atoms with Crippen molar-refractivity contribution in [1.82, 2.24) is 4.98 Å². The Bertz CT molecular complexity index is 411. The number of hydrogen-bond acceptors (Lipinski definition) is 3. The maximum Gasteiger partial charge on any atom is 0.126 e. The lowest BCUT2D eigenvalue weighted by Crippen LogP contribution is -2.33. The predicted octanol–water partition coefficient (Wildman–Crippen LogP) is 2.29. The maximum absolute atomic E-state index is 10.3. The average Bonchev–Trinajstić information content (AvgIpc) is 2.95. The van der Waals surface area contributed by atoms with Gasteiger partial charge in [0, 0.05) is 12.2 Å². The minimum absolute atomic E-state index is 0.499. The standard InChI is InChI=1S/C14H20N2O/c17-14(8-1-2-9-14)10-15-13-7-6-11-4-3-5-12(11)16-13/h6-7,17H,1-5,8-10H2,(H,15,16).